The Bertz CT molecular complexity index is 189. The Balaban J connectivity index is 1.61. The van der Waals surface area contributed by atoms with E-state index in [1.54, 1.807) is 0 Å². The summed E-state index contributed by atoms with van der Waals surface area (Å²) in [5.41, 5.74) is 0. The van der Waals surface area contributed by atoms with Crippen molar-refractivity contribution in [1.82, 2.24) is 10.2 Å². The predicted molar refractivity (Wildman–Crippen MR) is 55.3 cm³/mol. The molecule has 3 rings (SSSR count). The van der Waals surface area contributed by atoms with Crippen LogP contribution in [0.5, 0.6) is 0 Å². The molecule has 0 aliphatic carbocycles. The topological polar surface area (TPSA) is 24.5 Å². The maximum atomic E-state index is 5.46. The van der Waals surface area contributed by atoms with E-state index in [2.05, 4.69) is 10.2 Å². The fourth-order valence-electron chi connectivity index (χ4n) is 3.19. The fraction of sp³-hybridized carbons (Fsp3) is 1.00. The van der Waals surface area contributed by atoms with Crippen molar-refractivity contribution in [2.24, 2.45) is 5.92 Å². The summed E-state index contributed by atoms with van der Waals surface area (Å²) in [5, 5.41) is 3.65. The summed E-state index contributed by atoms with van der Waals surface area (Å²) in [6.07, 6.45) is 4.05. The number of hydrogen-bond donors (Lipinski definition) is 1. The zero-order valence-electron chi connectivity index (χ0n) is 8.74. The molecule has 3 fully saturated rings. The second kappa shape index (κ2) is 3.80. The van der Waals surface area contributed by atoms with Gasteiger partial charge in [0.05, 0.1) is 6.61 Å². The maximum absolute atomic E-state index is 5.46. The summed E-state index contributed by atoms with van der Waals surface area (Å²) in [7, 11) is 0. The first-order chi connectivity index (χ1) is 6.93. The molecule has 3 atom stereocenters. The average molecular weight is 196 g/mol. The SMILES string of the molecule is C1CN[C@@H]2CN(C3CCOC3)C[C@@H]2C1. The number of likely N-dealkylation sites (tertiary alicyclic amines) is 1. The number of piperidine rings is 1. The highest BCUT2D eigenvalue weighted by molar-refractivity contribution is 4.94. The van der Waals surface area contributed by atoms with E-state index < -0.39 is 0 Å². The predicted octanol–water partition coefficient (Wildman–Crippen LogP) is 0.459. The lowest BCUT2D eigenvalue weighted by Gasteiger charge is -2.24. The molecule has 0 saturated carbocycles. The van der Waals surface area contributed by atoms with Crippen LogP contribution in [0.1, 0.15) is 19.3 Å². The van der Waals surface area contributed by atoms with Gasteiger partial charge in [0.1, 0.15) is 0 Å². The largest absolute Gasteiger partial charge is 0.380 e. The first-order valence-electron chi connectivity index (χ1n) is 5.98. The second-order valence-electron chi connectivity index (χ2n) is 4.93. The molecule has 0 radical (unpaired) electrons. The van der Waals surface area contributed by atoms with Crippen molar-refractivity contribution in [3.63, 3.8) is 0 Å². The highest BCUT2D eigenvalue weighted by atomic mass is 16.5. The van der Waals surface area contributed by atoms with Gasteiger partial charge in [-0.25, -0.2) is 0 Å². The lowest BCUT2D eigenvalue weighted by atomic mass is 9.94. The van der Waals surface area contributed by atoms with Gasteiger partial charge in [0.15, 0.2) is 0 Å². The number of fused-ring (bicyclic) bond motifs is 1. The molecule has 80 valence electrons. The first kappa shape index (κ1) is 9.13. The molecule has 0 aromatic rings. The van der Waals surface area contributed by atoms with Gasteiger partial charge in [-0.05, 0) is 31.7 Å². The molecular weight excluding hydrogens is 176 g/mol. The van der Waals surface area contributed by atoms with Crippen molar-refractivity contribution in [3.05, 3.63) is 0 Å². The minimum Gasteiger partial charge on any atom is -0.380 e. The maximum Gasteiger partial charge on any atom is 0.0622 e. The van der Waals surface area contributed by atoms with E-state index in [9.17, 15) is 0 Å². The fourth-order valence-corrected chi connectivity index (χ4v) is 3.19. The summed E-state index contributed by atoms with van der Waals surface area (Å²) in [6.45, 7) is 5.75. The van der Waals surface area contributed by atoms with Gasteiger partial charge in [0.25, 0.3) is 0 Å². The van der Waals surface area contributed by atoms with Gasteiger partial charge in [0.2, 0.25) is 0 Å². The summed E-state index contributed by atoms with van der Waals surface area (Å²) in [4.78, 5) is 2.65. The van der Waals surface area contributed by atoms with Gasteiger partial charge >= 0.3 is 0 Å². The van der Waals surface area contributed by atoms with E-state index in [0.29, 0.717) is 0 Å². The van der Waals surface area contributed by atoms with Crippen molar-refractivity contribution in [2.75, 3.05) is 32.8 Å². The van der Waals surface area contributed by atoms with Crippen LogP contribution in [0.15, 0.2) is 0 Å². The molecule has 14 heavy (non-hydrogen) atoms. The number of ether oxygens (including phenoxy) is 1. The van der Waals surface area contributed by atoms with Crippen molar-refractivity contribution in [2.45, 2.75) is 31.3 Å². The first-order valence-corrected chi connectivity index (χ1v) is 5.98. The van der Waals surface area contributed by atoms with Crippen LogP contribution in [0.25, 0.3) is 0 Å². The molecule has 1 unspecified atom stereocenters. The Hall–Kier alpha value is -0.120. The van der Waals surface area contributed by atoms with Crippen molar-refractivity contribution < 1.29 is 4.74 Å². The Morgan fingerprint density at radius 2 is 2.21 bits per heavy atom. The Labute approximate surface area is 85.8 Å². The van der Waals surface area contributed by atoms with Crippen LogP contribution in [0, 0.1) is 5.92 Å². The van der Waals surface area contributed by atoms with Gasteiger partial charge < -0.3 is 10.1 Å². The minimum absolute atomic E-state index is 0.724. The summed E-state index contributed by atoms with van der Waals surface area (Å²) in [6, 6.07) is 1.51. The molecule has 1 N–H and O–H groups in total. The van der Waals surface area contributed by atoms with Gasteiger partial charge in [-0.2, -0.15) is 0 Å². The monoisotopic (exact) mass is 196 g/mol. The van der Waals surface area contributed by atoms with E-state index in [1.807, 2.05) is 0 Å². The minimum atomic E-state index is 0.724. The molecule has 0 amide bonds. The van der Waals surface area contributed by atoms with Crippen LogP contribution in [0.4, 0.5) is 0 Å². The number of nitrogens with zero attached hydrogens (tertiary/aromatic N) is 1. The van der Waals surface area contributed by atoms with E-state index >= 15 is 0 Å². The molecule has 3 nitrogen and oxygen atoms in total. The summed E-state index contributed by atoms with van der Waals surface area (Å²) >= 11 is 0. The van der Waals surface area contributed by atoms with Gasteiger partial charge in [-0.15, -0.1) is 0 Å². The molecule has 0 bridgehead atoms. The lowest BCUT2D eigenvalue weighted by molar-refractivity contribution is 0.156. The van der Waals surface area contributed by atoms with Crippen LogP contribution < -0.4 is 5.32 Å². The van der Waals surface area contributed by atoms with Crippen LogP contribution in [0.2, 0.25) is 0 Å². The number of rotatable bonds is 1. The van der Waals surface area contributed by atoms with Crippen molar-refractivity contribution >= 4 is 0 Å². The number of hydrogen-bond acceptors (Lipinski definition) is 3. The molecule has 3 aliphatic heterocycles. The van der Waals surface area contributed by atoms with Gasteiger partial charge in [-0.3, -0.25) is 4.90 Å². The van der Waals surface area contributed by atoms with E-state index in [0.717, 1.165) is 31.2 Å². The van der Waals surface area contributed by atoms with Gasteiger partial charge in [-0.1, -0.05) is 0 Å². The molecule has 0 spiro atoms. The van der Waals surface area contributed by atoms with Gasteiger partial charge in [0, 0.05) is 31.8 Å². The van der Waals surface area contributed by atoms with Crippen molar-refractivity contribution in [3.8, 4) is 0 Å². The zero-order valence-corrected chi connectivity index (χ0v) is 8.74. The molecule has 0 aromatic carbocycles. The third-order valence-corrected chi connectivity index (χ3v) is 4.05. The third-order valence-electron chi connectivity index (χ3n) is 4.05. The highest BCUT2D eigenvalue weighted by Gasteiger charge is 2.37. The molecule has 3 heteroatoms. The van der Waals surface area contributed by atoms with Crippen LogP contribution in [-0.2, 0) is 4.74 Å². The highest BCUT2D eigenvalue weighted by Crippen LogP contribution is 2.28. The molecule has 3 aliphatic rings. The standard InChI is InChI=1S/C11H20N2O/c1-2-9-6-13(7-11(9)12-4-1)10-3-5-14-8-10/h9-12H,1-8H2/t9-,10?,11+/m0/s1. The van der Waals surface area contributed by atoms with Crippen molar-refractivity contribution in [1.29, 1.82) is 0 Å². The Morgan fingerprint density at radius 1 is 1.21 bits per heavy atom. The molecular formula is C11H20N2O. The molecule has 3 saturated heterocycles. The smallest absolute Gasteiger partial charge is 0.0622 e. The van der Waals surface area contributed by atoms with E-state index in [1.165, 1.54) is 38.9 Å². The summed E-state index contributed by atoms with van der Waals surface area (Å²) < 4.78 is 5.46. The molecule has 3 heterocycles. The summed E-state index contributed by atoms with van der Waals surface area (Å²) in [5.74, 6) is 0.921. The average Bonchev–Trinajstić information content (AvgIpc) is 2.86. The van der Waals surface area contributed by atoms with Crippen LogP contribution in [-0.4, -0.2) is 49.8 Å². The van der Waals surface area contributed by atoms with E-state index in [-0.39, 0.29) is 0 Å². The second-order valence-corrected chi connectivity index (χ2v) is 4.93. The third kappa shape index (κ3) is 1.58. The quantitative estimate of drug-likeness (QED) is 0.659. The Morgan fingerprint density at radius 3 is 3.00 bits per heavy atom. The number of nitrogens with one attached hydrogen (secondary N) is 1. The normalized spacial score (nSPS) is 44.1. The van der Waals surface area contributed by atoms with E-state index in [4.69, 9.17) is 4.74 Å². The molecule has 0 aromatic heterocycles. The zero-order chi connectivity index (χ0) is 9.38. The Kier molecular flexibility index (Phi) is 2.48. The van der Waals surface area contributed by atoms with Crippen LogP contribution >= 0.6 is 0 Å². The van der Waals surface area contributed by atoms with Crippen LogP contribution in [0.3, 0.4) is 0 Å². The lowest BCUT2D eigenvalue weighted by Crippen LogP contribution is -2.41.